The van der Waals surface area contributed by atoms with Gasteiger partial charge in [-0.3, -0.25) is 4.99 Å². The van der Waals surface area contributed by atoms with Gasteiger partial charge in [-0.05, 0) is 51.6 Å². The van der Waals surface area contributed by atoms with E-state index in [0.717, 1.165) is 58.2 Å². The Morgan fingerprint density at radius 2 is 1.88 bits per heavy atom. The number of hydrogen-bond donors (Lipinski definition) is 1. The number of ether oxygens (including phenoxy) is 2. The monoisotopic (exact) mass is 480 g/mol. The molecule has 0 radical (unpaired) electrons. The highest BCUT2D eigenvalue weighted by atomic mass is 127. The fraction of sp³-hybridized carbons (Fsp3) is 0.947. The van der Waals surface area contributed by atoms with Crippen molar-refractivity contribution in [2.75, 3.05) is 59.0 Å². The molecule has 3 saturated heterocycles. The SMILES string of the molecule is CCNC(=NCC(C)CN1CCCC1)N1CCOC(C2CCCO2)C1.I. The van der Waals surface area contributed by atoms with E-state index in [1.54, 1.807) is 0 Å². The molecule has 7 heteroatoms. The number of halogens is 1. The van der Waals surface area contributed by atoms with Crippen LogP contribution in [0.25, 0.3) is 0 Å². The van der Waals surface area contributed by atoms with Crippen molar-refractivity contribution in [3.8, 4) is 0 Å². The van der Waals surface area contributed by atoms with Crippen LogP contribution in [0.5, 0.6) is 0 Å². The van der Waals surface area contributed by atoms with Gasteiger partial charge in [0, 0.05) is 39.3 Å². The molecule has 0 aromatic carbocycles. The van der Waals surface area contributed by atoms with Gasteiger partial charge in [0.1, 0.15) is 6.10 Å². The number of morpholine rings is 1. The molecule has 3 fully saturated rings. The molecule has 3 aliphatic heterocycles. The van der Waals surface area contributed by atoms with Crippen LogP contribution >= 0.6 is 24.0 Å². The lowest BCUT2D eigenvalue weighted by Gasteiger charge is -2.37. The van der Waals surface area contributed by atoms with Crippen LogP contribution in [0, 0.1) is 5.92 Å². The van der Waals surface area contributed by atoms with E-state index in [1.807, 2.05) is 0 Å². The number of guanidine groups is 1. The highest BCUT2D eigenvalue weighted by molar-refractivity contribution is 14.0. The minimum absolute atomic E-state index is 0. The third-order valence-corrected chi connectivity index (χ3v) is 5.43. The third-order valence-electron chi connectivity index (χ3n) is 5.43. The summed E-state index contributed by atoms with van der Waals surface area (Å²) in [5.41, 5.74) is 0. The standard InChI is InChI=1S/C19H36N4O2.HI/c1-3-20-19(21-13-16(2)14-22-8-4-5-9-22)23-10-12-25-18(15-23)17-7-6-11-24-17;/h16-18H,3-15H2,1-2H3,(H,20,21);1H. The fourth-order valence-electron chi connectivity index (χ4n) is 4.12. The first-order chi connectivity index (χ1) is 12.3. The number of nitrogens with zero attached hydrogens (tertiary/aromatic N) is 3. The normalized spacial score (nSPS) is 28.8. The Kier molecular flexibility index (Phi) is 9.94. The number of aliphatic imine (C=N–C) groups is 1. The summed E-state index contributed by atoms with van der Waals surface area (Å²) in [5, 5.41) is 3.48. The summed E-state index contributed by atoms with van der Waals surface area (Å²) in [6, 6.07) is 0. The summed E-state index contributed by atoms with van der Waals surface area (Å²) in [6.45, 7) is 13.4. The lowest BCUT2D eigenvalue weighted by Crippen LogP contribution is -2.53. The van der Waals surface area contributed by atoms with Crippen LogP contribution in [-0.2, 0) is 9.47 Å². The predicted octanol–water partition coefficient (Wildman–Crippen LogP) is 2.18. The van der Waals surface area contributed by atoms with E-state index < -0.39 is 0 Å². The summed E-state index contributed by atoms with van der Waals surface area (Å²) in [4.78, 5) is 9.89. The molecule has 3 unspecified atom stereocenters. The molecule has 3 atom stereocenters. The molecular formula is C19H37IN4O2. The van der Waals surface area contributed by atoms with E-state index in [0.29, 0.717) is 5.92 Å². The molecule has 0 aliphatic carbocycles. The molecule has 3 aliphatic rings. The summed E-state index contributed by atoms with van der Waals surface area (Å²) in [6.07, 6.45) is 5.45. The number of rotatable bonds is 6. The number of likely N-dealkylation sites (tertiary alicyclic amines) is 1. The van der Waals surface area contributed by atoms with E-state index in [2.05, 4.69) is 29.0 Å². The average molecular weight is 480 g/mol. The second-order valence-corrected chi connectivity index (χ2v) is 7.71. The van der Waals surface area contributed by atoms with Crippen LogP contribution in [0.2, 0.25) is 0 Å². The van der Waals surface area contributed by atoms with Crippen LogP contribution in [-0.4, -0.2) is 87.0 Å². The number of nitrogens with one attached hydrogen (secondary N) is 1. The lowest BCUT2D eigenvalue weighted by molar-refractivity contribution is -0.0817. The van der Waals surface area contributed by atoms with Gasteiger partial charge in [-0.25, -0.2) is 0 Å². The van der Waals surface area contributed by atoms with E-state index in [4.69, 9.17) is 14.5 Å². The molecule has 0 spiro atoms. The smallest absolute Gasteiger partial charge is 0.194 e. The topological polar surface area (TPSA) is 49.3 Å². The van der Waals surface area contributed by atoms with Crippen molar-refractivity contribution >= 4 is 29.9 Å². The second-order valence-electron chi connectivity index (χ2n) is 7.71. The van der Waals surface area contributed by atoms with Crippen molar-refractivity contribution in [1.82, 2.24) is 15.1 Å². The van der Waals surface area contributed by atoms with Crippen LogP contribution in [0.1, 0.15) is 39.5 Å². The van der Waals surface area contributed by atoms with Crippen molar-refractivity contribution in [1.29, 1.82) is 0 Å². The molecule has 0 aromatic heterocycles. The van der Waals surface area contributed by atoms with E-state index >= 15 is 0 Å². The van der Waals surface area contributed by atoms with Gasteiger partial charge < -0.3 is 24.6 Å². The molecular weight excluding hydrogens is 443 g/mol. The van der Waals surface area contributed by atoms with Crippen molar-refractivity contribution < 1.29 is 9.47 Å². The van der Waals surface area contributed by atoms with E-state index in [9.17, 15) is 0 Å². The van der Waals surface area contributed by atoms with Crippen molar-refractivity contribution in [3.05, 3.63) is 0 Å². The van der Waals surface area contributed by atoms with Crippen molar-refractivity contribution in [2.24, 2.45) is 10.9 Å². The van der Waals surface area contributed by atoms with Gasteiger partial charge in [0.2, 0.25) is 0 Å². The molecule has 0 bridgehead atoms. The molecule has 0 amide bonds. The molecule has 0 aromatic rings. The molecule has 152 valence electrons. The van der Waals surface area contributed by atoms with E-state index in [-0.39, 0.29) is 36.2 Å². The zero-order valence-corrected chi connectivity index (χ0v) is 18.8. The molecule has 3 heterocycles. The maximum atomic E-state index is 5.98. The first-order valence-corrected chi connectivity index (χ1v) is 10.2. The largest absolute Gasteiger partial charge is 0.375 e. The second kappa shape index (κ2) is 11.7. The molecule has 1 N–H and O–H groups in total. The third kappa shape index (κ3) is 6.49. The van der Waals surface area contributed by atoms with Gasteiger partial charge in [0.05, 0.1) is 12.7 Å². The average Bonchev–Trinajstić information content (AvgIpc) is 3.32. The molecule has 3 rings (SSSR count). The van der Waals surface area contributed by atoms with E-state index in [1.165, 1.54) is 32.5 Å². The van der Waals surface area contributed by atoms with Crippen LogP contribution in [0.3, 0.4) is 0 Å². The maximum Gasteiger partial charge on any atom is 0.194 e. The van der Waals surface area contributed by atoms with Gasteiger partial charge in [-0.1, -0.05) is 6.92 Å². The Bertz CT molecular complexity index is 426. The first kappa shape index (κ1) is 22.2. The van der Waals surface area contributed by atoms with Gasteiger partial charge >= 0.3 is 0 Å². The Labute approximate surface area is 176 Å². The Morgan fingerprint density at radius 1 is 1.12 bits per heavy atom. The summed E-state index contributed by atoms with van der Waals surface area (Å²) in [5.74, 6) is 1.64. The summed E-state index contributed by atoms with van der Waals surface area (Å²) >= 11 is 0. The highest BCUT2D eigenvalue weighted by Gasteiger charge is 2.32. The minimum atomic E-state index is 0. The van der Waals surface area contributed by atoms with Gasteiger partial charge in [0.25, 0.3) is 0 Å². The summed E-state index contributed by atoms with van der Waals surface area (Å²) < 4.78 is 11.8. The Hall–Kier alpha value is -0.120. The van der Waals surface area contributed by atoms with Crippen molar-refractivity contribution in [2.45, 2.75) is 51.7 Å². The zero-order chi connectivity index (χ0) is 17.5. The van der Waals surface area contributed by atoms with Gasteiger partial charge in [0.15, 0.2) is 5.96 Å². The van der Waals surface area contributed by atoms with Crippen LogP contribution < -0.4 is 5.32 Å². The zero-order valence-electron chi connectivity index (χ0n) is 16.5. The predicted molar refractivity (Wildman–Crippen MR) is 117 cm³/mol. The molecule has 26 heavy (non-hydrogen) atoms. The molecule has 6 nitrogen and oxygen atoms in total. The lowest BCUT2D eigenvalue weighted by atomic mass is 10.1. The molecule has 0 saturated carbocycles. The minimum Gasteiger partial charge on any atom is -0.375 e. The number of hydrogen-bond acceptors (Lipinski definition) is 4. The fourth-order valence-corrected chi connectivity index (χ4v) is 4.12. The van der Waals surface area contributed by atoms with Gasteiger partial charge in [-0.15, -0.1) is 24.0 Å². The van der Waals surface area contributed by atoms with Crippen LogP contribution in [0.4, 0.5) is 0 Å². The maximum absolute atomic E-state index is 5.98. The Morgan fingerprint density at radius 3 is 2.58 bits per heavy atom. The highest BCUT2D eigenvalue weighted by Crippen LogP contribution is 2.21. The van der Waals surface area contributed by atoms with Crippen LogP contribution in [0.15, 0.2) is 4.99 Å². The quantitative estimate of drug-likeness (QED) is 0.359. The van der Waals surface area contributed by atoms with Gasteiger partial charge in [-0.2, -0.15) is 0 Å². The summed E-state index contributed by atoms with van der Waals surface area (Å²) in [7, 11) is 0. The van der Waals surface area contributed by atoms with Crippen molar-refractivity contribution in [3.63, 3.8) is 0 Å². The first-order valence-electron chi connectivity index (χ1n) is 10.2. The Balaban J connectivity index is 0.00000243.